The molecule has 2 nitrogen and oxygen atoms in total. The zero-order chi connectivity index (χ0) is 15.0. The number of nitrogens with zero attached hydrogens (tertiary/aromatic N) is 2. The number of aromatic nitrogens is 2. The molecule has 0 amide bonds. The van der Waals surface area contributed by atoms with Crippen LogP contribution < -0.4 is 0 Å². The van der Waals surface area contributed by atoms with Crippen molar-refractivity contribution in [1.29, 1.82) is 0 Å². The number of hydrogen-bond donors (Lipinski definition) is 0. The van der Waals surface area contributed by atoms with Crippen LogP contribution >= 0.6 is 23.4 Å². The molecule has 1 aliphatic rings. The highest BCUT2D eigenvalue weighted by Crippen LogP contribution is 2.40. The number of para-hydroxylation sites is 1. The van der Waals surface area contributed by atoms with Crippen LogP contribution in [0, 0.1) is 6.92 Å². The Morgan fingerprint density at radius 1 is 1.33 bits per heavy atom. The number of alkyl halides is 1. The molecule has 3 atom stereocenters. The van der Waals surface area contributed by atoms with Gasteiger partial charge < -0.3 is 4.57 Å². The van der Waals surface area contributed by atoms with Gasteiger partial charge >= 0.3 is 0 Å². The quantitative estimate of drug-likeness (QED) is 0.695. The number of imidazole rings is 1. The van der Waals surface area contributed by atoms with Crippen molar-refractivity contribution in [2.45, 2.75) is 56.2 Å². The van der Waals surface area contributed by atoms with E-state index in [2.05, 4.69) is 35.9 Å². The Morgan fingerprint density at radius 3 is 2.81 bits per heavy atom. The fourth-order valence-corrected chi connectivity index (χ4v) is 4.73. The topological polar surface area (TPSA) is 17.8 Å². The molecule has 1 aromatic heterocycles. The smallest absolute Gasteiger partial charge is 0.128 e. The van der Waals surface area contributed by atoms with Gasteiger partial charge in [-0.05, 0) is 44.6 Å². The van der Waals surface area contributed by atoms with Crippen LogP contribution in [0.1, 0.15) is 55.4 Å². The van der Waals surface area contributed by atoms with Crippen molar-refractivity contribution >= 4 is 34.4 Å². The molecule has 1 aliphatic carbocycles. The minimum absolute atomic E-state index is 0.0544. The van der Waals surface area contributed by atoms with Gasteiger partial charge in [0.05, 0.1) is 16.4 Å². The van der Waals surface area contributed by atoms with E-state index in [0.29, 0.717) is 11.3 Å². The molecule has 1 heterocycles. The van der Waals surface area contributed by atoms with Gasteiger partial charge in [0, 0.05) is 11.3 Å². The molecule has 21 heavy (non-hydrogen) atoms. The Hall–Kier alpha value is -0.670. The Bertz CT molecular complexity index is 635. The molecule has 0 radical (unpaired) electrons. The minimum Gasteiger partial charge on any atom is -0.322 e. The summed E-state index contributed by atoms with van der Waals surface area (Å²) in [6.45, 7) is 4.21. The second-order valence-corrected chi connectivity index (χ2v) is 7.76. The molecule has 1 saturated carbocycles. The lowest BCUT2D eigenvalue weighted by atomic mass is 9.94. The Labute approximate surface area is 136 Å². The number of halogens is 1. The predicted octanol–water partition coefficient (Wildman–Crippen LogP) is 5.49. The van der Waals surface area contributed by atoms with Crippen molar-refractivity contribution in [3.05, 3.63) is 29.6 Å². The first kappa shape index (κ1) is 15.2. The standard InChI is InChI=1S/C17H23ClN2S/c1-11-7-6-8-13-16(11)20(17(19-13)12(2)18)14-9-4-5-10-15(14)21-3/h6-8,12,14-15H,4-5,9-10H2,1-3H3. The van der Waals surface area contributed by atoms with Crippen LogP contribution in [0.3, 0.4) is 0 Å². The summed E-state index contributed by atoms with van der Waals surface area (Å²) in [5, 5.41) is 0.617. The third-order valence-corrected chi connectivity index (χ3v) is 5.95. The molecule has 0 N–H and O–H groups in total. The van der Waals surface area contributed by atoms with E-state index in [0.717, 1.165) is 11.3 Å². The van der Waals surface area contributed by atoms with E-state index in [-0.39, 0.29) is 5.38 Å². The zero-order valence-corrected chi connectivity index (χ0v) is 14.5. The molecule has 4 heteroatoms. The SMILES string of the molecule is CSC1CCCCC1n1c(C(C)Cl)nc2cccc(C)c21. The summed E-state index contributed by atoms with van der Waals surface area (Å²) in [6, 6.07) is 6.90. The van der Waals surface area contributed by atoms with Crippen molar-refractivity contribution in [3.63, 3.8) is 0 Å². The van der Waals surface area contributed by atoms with Gasteiger partial charge in [-0.15, -0.1) is 11.6 Å². The third-order valence-electron chi connectivity index (χ3n) is 4.60. The van der Waals surface area contributed by atoms with Crippen molar-refractivity contribution in [1.82, 2.24) is 9.55 Å². The summed E-state index contributed by atoms with van der Waals surface area (Å²) in [4.78, 5) is 4.84. The Balaban J connectivity index is 2.21. The summed E-state index contributed by atoms with van der Waals surface area (Å²) in [7, 11) is 0. The van der Waals surface area contributed by atoms with E-state index in [1.54, 1.807) is 0 Å². The molecular formula is C17H23ClN2S. The first-order valence-electron chi connectivity index (χ1n) is 7.77. The lowest BCUT2D eigenvalue weighted by Gasteiger charge is -2.33. The van der Waals surface area contributed by atoms with Gasteiger partial charge in [0.2, 0.25) is 0 Å². The van der Waals surface area contributed by atoms with Crippen LogP contribution in [0.15, 0.2) is 18.2 Å². The largest absolute Gasteiger partial charge is 0.322 e. The molecule has 1 aromatic carbocycles. The van der Waals surface area contributed by atoms with E-state index in [9.17, 15) is 0 Å². The first-order chi connectivity index (χ1) is 10.1. The van der Waals surface area contributed by atoms with Gasteiger partial charge in [-0.2, -0.15) is 11.8 Å². The van der Waals surface area contributed by atoms with Crippen LogP contribution in [0.4, 0.5) is 0 Å². The van der Waals surface area contributed by atoms with Gasteiger partial charge in [-0.3, -0.25) is 0 Å². The first-order valence-corrected chi connectivity index (χ1v) is 9.50. The van der Waals surface area contributed by atoms with E-state index in [1.807, 2.05) is 18.7 Å². The van der Waals surface area contributed by atoms with E-state index >= 15 is 0 Å². The van der Waals surface area contributed by atoms with Crippen molar-refractivity contribution in [2.24, 2.45) is 0 Å². The molecule has 3 rings (SSSR count). The number of aryl methyl sites for hydroxylation is 1. The maximum Gasteiger partial charge on any atom is 0.128 e. The van der Waals surface area contributed by atoms with Crippen molar-refractivity contribution in [2.75, 3.05) is 6.26 Å². The molecule has 0 aliphatic heterocycles. The average Bonchev–Trinajstić information content (AvgIpc) is 2.88. The molecule has 1 fully saturated rings. The van der Waals surface area contributed by atoms with Crippen molar-refractivity contribution in [3.8, 4) is 0 Å². The Morgan fingerprint density at radius 2 is 2.10 bits per heavy atom. The highest BCUT2D eigenvalue weighted by atomic mass is 35.5. The maximum absolute atomic E-state index is 6.45. The van der Waals surface area contributed by atoms with E-state index in [1.165, 1.54) is 36.8 Å². The second kappa shape index (κ2) is 6.21. The van der Waals surface area contributed by atoms with Gasteiger partial charge in [0.15, 0.2) is 0 Å². The molecule has 0 saturated heterocycles. The maximum atomic E-state index is 6.45. The monoisotopic (exact) mass is 322 g/mol. The normalized spacial score (nSPS) is 24.4. The lowest BCUT2D eigenvalue weighted by molar-refractivity contribution is 0.363. The molecule has 2 aromatic rings. The minimum atomic E-state index is -0.0544. The van der Waals surface area contributed by atoms with Crippen LogP contribution in [-0.4, -0.2) is 21.1 Å². The molecule has 0 spiro atoms. The molecular weight excluding hydrogens is 300 g/mol. The third kappa shape index (κ3) is 2.70. The van der Waals surface area contributed by atoms with Gasteiger partial charge in [0.25, 0.3) is 0 Å². The fraction of sp³-hybridized carbons (Fsp3) is 0.588. The summed E-state index contributed by atoms with van der Waals surface area (Å²) < 4.78 is 2.46. The Kier molecular flexibility index (Phi) is 4.51. The van der Waals surface area contributed by atoms with Crippen LogP contribution in [0.25, 0.3) is 11.0 Å². The van der Waals surface area contributed by atoms with Crippen molar-refractivity contribution < 1.29 is 0 Å². The number of fused-ring (bicyclic) bond motifs is 1. The predicted molar refractivity (Wildman–Crippen MR) is 93.5 cm³/mol. The lowest BCUT2D eigenvalue weighted by Crippen LogP contribution is -2.27. The van der Waals surface area contributed by atoms with Gasteiger partial charge in [-0.1, -0.05) is 25.0 Å². The number of thioether (sulfide) groups is 1. The average molecular weight is 323 g/mol. The number of rotatable bonds is 3. The molecule has 114 valence electrons. The van der Waals surface area contributed by atoms with E-state index < -0.39 is 0 Å². The molecule has 3 unspecified atom stereocenters. The summed E-state index contributed by atoms with van der Waals surface area (Å²) >= 11 is 8.45. The summed E-state index contributed by atoms with van der Waals surface area (Å²) in [5.74, 6) is 1.03. The molecule has 0 bridgehead atoms. The van der Waals surface area contributed by atoms with Crippen LogP contribution in [0.5, 0.6) is 0 Å². The zero-order valence-electron chi connectivity index (χ0n) is 13.0. The fourth-order valence-electron chi connectivity index (χ4n) is 3.60. The van der Waals surface area contributed by atoms with Crippen LogP contribution in [0.2, 0.25) is 0 Å². The van der Waals surface area contributed by atoms with Gasteiger partial charge in [0.1, 0.15) is 5.82 Å². The highest BCUT2D eigenvalue weighted by molar-refractivity contribution is 7.99. The van der Waals surface area contributed by atoms with Crippen LogP contribution in [-0.2, 0) is 0 Å². The van der Waals surface area contributed by atoms with Gasteiger partial charge in [-0.25, -0.2) is 4.98 Å². The number of hydrogen-bond acceptors (Lipinski definition) is 2. The highest BCUT2D eigenvalue weighted by Gasteiger charge is 2.30. The number of benzene rings is 1. The van der Waals surface area contributed by atoms with E-state index in [4.69, 9.17) is 16.6 Å². The summed E-state index contributed by atoms with van der Waals surface area (Å²) in [6.07, 6.45) is 7.43. The second-order valence-electron chi connectivity index (χ2n) is 6.02. The summed E-state index contributed by atoms with van der Waals surface area (Å²) in [5.41, 5.74) is 3.67.